The summed E-state index contributed by atoms with van der Waals surface area (Å²) in [4.78, 5) is 25.2. The van der Waals surface area contributed by atoms with E-state index in [0.29, 0.717) is 0 Å². The van der Waals surface area contributed by atoms with Crippen molar-refractivity contribution < 1.29 is 168 Å². The molecule has 36 heteroatoms. The third kappa shape index (κ3) is 14.4. The molecular weight excluding hydrogens is 1110 g/mol. The highest BCUT2D eigenvalue weighted by Gasteiger charge is 2.59. The van der Waals surface area contributed by atoms with Gasteiger partial charge in [0.05, 0.1) is 45.7 Å². The Morgan fingerprint density at radius 1 is 0.346 bits per heavy atom. The van der Waals surface area contributed by atoms with Gasteiger partial charge in [0.2, 0.25) is 11.8 Å². The molecule has 21 N–H and O–H groups in total. The molecule has 0 bridgehead atoms. The molecule has 0 spiro atoms. The van der Waals surface area contributed by atoms with Gasteiger partial charge in [0.15, 0.2) is 44.0 Å². The summed E-state index contributed by atoms with van der Waals surface area (Å²) in [5.74, 6) is -1.68. The summed E-state index contributed by atoms with van der Waals surface area (Å²) in [7, 11) is 0. The zero-order chi connectivity index (χ0) is 59.6. The SMILES string of the molecule is CC(=O)N[C@@H]1[C@@H](O)[C@H](O[C@@H]2O[C@H](CO)[C@@H](O[C@@H]3O[C@H](CO[C@H]4O[C@H](CO)[C@@H](O)[C@H](O)[C@@H]4O)[C@@H](O)[C@H](O[C@H]4O[C@H](CO)[C@@H](O)[C@H](O)[C@@H]4O)[C@@H]3O[C@@H]3O[C@H](CO)[C@H](O)[C@H]3O)[C@H](O)[C@H]2NC(C)=O)[C@@H](CO[C@@H]2O[C@@H](C)[C@@H](O)[C@@H](O)[C@@H]2O)O[C@H]1O. The number of rotatable bonds is 20. The predicted octanol–water partition coefficient (Wildman–Crippen LogP) is -14.3. The van der Waals surface area contributed by atoms with E-state index >= 15 is 0 Å². The number of hydrogen-bond acceptors (Lipinski definition) is 34. The van der Waals surface area contributed by atoms with Gasteiger partial charge < -0.3 is 169 Å². The van der Waals surface area contributed by atoms with Crippen LogP contribution in [0, 0.1) is 0 Å². The van der Waals surface area contributed by atoms with E-state index < -0.39 is 260 Å². The number of carbonyl (C=O) groups is 2. The molecule has 0 radical (unpaired) electrons. The van der Waals surface area contributed by atoms with Crippen LogP contribution in [-0.2, 0) is 71.2 Å². The molecule has 36 nitrogen and oxygen atoms in total. The van der Waals surface area contributed by atoms with Crippen molar-refractivity contribution in [1.29, 1.82) is 0 Å². The van der Waals surface area contributed by atoms with Crippen molar-refractivity contribution in [3.05, 3.63) is 0 Å². The van der Waals surface area contributed by atoms with Crippen molar-refractivity contribution in [3.8, 4) is 0 Å². The molecule has 34 atom stereocenters. The Labute approximate surface area is 459 Å². The molecule has 7 aliphatic heterocycles. The lowest BCUT2D eigenvalue weighted by Crippen LogP contribution is -2.71. The Morgan fingerprint density at radius 2 is 0.716 bits per heavy atom. The van der Waals surface area contributed by atoms with Gasteiger partial charge in [-0.05, 0) is 6.92 Å². The van der Waals surface area contributed by atoms with Crippen LogP contribution in [0.2, 0.25) is 0 Å². The van der Waals surface area contributed by atoms with Crippen LogP contribution in [0.4, 0.5) is 0 Å². The fraction of sp³-hybridized carbons (Fsp3) is 0.956. The number of nitrogens with one attached hydrogen (secondary N) is 2. The number of aliphatic hydroxyl groups is 19. The van der Waals surface area contributed by atoms with Crippen LogP contribution in [0.15, 0.2) is 0 Å². The molecule has 0 aromatic rings. The number of carbonyl (C=O) groups excluding carboxylic acids is 2. The molecule has 7 rings (SSSR count). The van der Waals surface area contributed by atoms with Gasteiger partial charge in [0.1, 0.15) is 159 Å². The molecule has 0 unspecified atom stereocenters. The van der Waals surface area contributed by atoms with E-state index in [1.165, 1.54) is 6.92 Å². The fourth-order valence-corrected chi connectivity index (χ4v) is 10.3. The van der Waals surface area contributed by atoms with Crippen molar-refractivity contribution in [2.24, 2.45) is 0 Å². The molecule has 7 heterocycles. The first kappa shape index (κ1) is 66.2. The number of amides is 2. The first-order chi connectivity index (χ1) is 38.3. The van der Waals surface area contributed by atoms with E-state index in [9.17, 15) is 107 Å². The Balaban J connectivity index is 1.23. The van der Waals surface area contributed by atoms with Crippen molar-refractivity contribution >= 4 is 11.8 Å². The number of aliphatic hydroxyl groups excluding tert-OH is 19. The van der Waals surface area contributed by atoms with Gasteiger partial charge >= 0.3 is 0 Å². The molecular formula is C45H76N2O34. The van der Waals surface area contributed by atoms with Crippen LogP contribution < -0.4 is 10.6 Å². The summed E-state index contributed by atoms with van der Waals surface area (Å²) in [6.45, 7) is -2.29. The van der Waals surface area contributed by atoms with Crippen LogP contribution in [0.25, 0.3) is 0 Å². The van der Waals surface area contributed by atoms with Crippen LogP contribution >= 0.6 is 0 Å². The third-order valence-corrected chi connectivity index (χ3v) is 14.9. The predicted molar refractivity (Wildman–Crippen MR) is 248 cm³/mol. The van der Waals surface area contributed by atoms with E-state index in [1.807, 2.05) is 0 Å². The van der Waals surface area contributed by atoms with E-state index in [1.54, 1.807) is 0 Å². The Morgan fingerprint density at radius 3 is 1.25 bits per heavy atom. The summed E-state index contributed by atoms with van der Waals surface area (Å²) in [6.07, 6.45) is -60.9. The minimum atomic E-state index is -2.25. The molecule has 7 saturated heterocycles. The highest BCUT2D eigenvalue weighted by molar-refractivity contribution is 5.73. The van der Waals surface area contributed by atoms with Crippen molar-refractivity contribution in [2.75, 3.05) is 39.6 Å². The third-order valence-electron chi connectivity index (χ3n) is 14.9. The van der Waals surface area contributed by atoms with Crippen LogP contribution in [-0.4, -0.2) is 357 Å². The Bertz CT molecular complexity index is 1990. The molecule has 0 aliphatic carbocycles. The topological polar surface area (TPSA) is 563 Å². The van der Waals surface area contributed by atoms with Gasteiger partial charge in [-0.3, -0.25) is 9.59 Å². The van der Waals surface area contributed by atoms with Crippen molar-refractivity contribution in [3.63, 3.8) is 0 Å². The van der Waals surface area contributed by atoms with Crippen molar-refractivity contribution in [1.82, 2.24) is 10.6 Å². The molecule has 7 aliphatic rings. The summed E-state index contributed by atoms with van der Waals surface area (Å²) >= 11 is 0. The number of hydrogen-bond donors (Lipinski definition) is 21. The van der Waals surface area contributed by atoms with E-state index in [0.717, 1.165) is 13.8 Å². The van der Waals surface area contributed by atoms with E-state index in [-0.39, 0.29) is 0 Å². The van der Waals surface area contributed by atoms with Gasteiger partial charge in [0, 0.05) is 13.8 Å². The first-order valence-corrected chi connectivity index (χ1v) is 25.9. The average molecular weight is 1190 g/mol. The minimum absolute atomic E-state index is 0.770. The molecule has 0 aromatic heterocycles. The van der Waals surface area contributed by atoms with Crippen molar-refractivity contribution in [2.45, 2.75) is 229 Å². The molecule has 7 fully saturated rings. The molecule has 0 aromatic carbocycles. The molecule has 81 heavy (non-hydrogen) atoms. The summed E-state index contributed by atoms with van der Waals surface area (Å²) in [5, 5.41) is 210. The lowest BCUT2D eigenvalue weighted by Gasteiger charge is -2.51. The minimum Gasteiger partial charge on any atom is -0.394 e. The summed E-state index contributed by atoms with van der Waals surface area (Å²) in [5.41, 5.74) is 0. The van der Waals surface area contributed by atoms with Crippen LogP contribution in [0.1, 0.15) is 20.8 Å². The van der Waals surface area contributed by atoms with Gasteiger partial charge in [-0.1, -0.05) is 0 Å². The summed E-state index contributed by atoms with van der Waals surface area (Å²) in [6, 6.07) is -3.55. The summed E-state index contributed by atoms with van der Waals surface area (Å²) < 4.78 is 75.9. The Hall–Kier alpha value is -2.34. The largest absolute Gasteiger partial charge is 0.394 e. The van der Waals surface area contributed by atoms with Gasteiger partial charge in [-0.2, -0.15) is 0 Å². The fourth-order valence-electron chi connectivity index (χ4n) is 10.3. The Kier molecular flexibility index (Phi) is 23.2. The normalized spacial score (nSPS) is 50.7. The highest BCUT2D eigenvalue weighted by Crippen LogP contribution is 2.38. The zero-order valence-electron chi connectivity index (χ0n) is 43.5. The van der Waals surface area contributed by atoms with Crippen LogP contribution in [0.3, 0.4) is 0 Å². The maximum absolute atomic E-state index is 13.0. The molecule has 470 valence electrons. The van der Waals surface area contributed by atoms with Gasteiger partial charge in [0.25, 0.3) is 0 Å². The standard InChI is InChI=1S/C45H76N2O34/c1-10-21(54)28(61)32(65)41(71-10)70-9-18-36(26(59)19(39(68)72-18)46-11(2)52)78-40-20(47-12(3)53)27(60)35(16(7-51)76-40)79-45-38(81-43-31(64)24(57)15(6-50)75-43)37(80-44-34(67)30(63)23(56)14(5-49)74-44)25(58)17(77-45)8-69-42-33(66)29(62)22(55)13(4-48)73-42/h10,13-45,48-51,54-68H,4-9H2,1-3H3,(H,46,52)(H,47,53)/t10-,13+,14+,15+,16+,17+,18+,19+,20+,21+,22+,23+,24-,25+,26+,27+,28+,29-,30-,31+,32-,33-,34-,35+,36+,37-,38-,39+,40-,41+,42-,43-,44+,45-/m0/s1. The van der Waals surface area contributed by atoms with Crippen LogP contribution in [0.5, 0.6) is 0 Å². The monoisotopic (exact) mass is 1190 g/mol. The number of ether oxygens (including phenoxy) is 13. The zero-order valence-corrected chi connectivity index (χ0v) is 43.5. The molecule has 2 amide bonds. The second-order valence-corrected chi connectivity index (χ2v) is 20.6. The second kappa shape index (κ2) is 28.4. The smallest absolute Gasteiger partial charge is 0.217 e. The molecule has 0 saturated carbocycles. The van der Waals surface area contributed by atoms with E-state index in [2.05, 4.69) is 10.6 Å². The van der Waals surface area contributed by atoms with Gasteiger partial charge in [-0.25, -0.2) is 0 Å². The maximum atomic E-state index is 13.0. The quantitative estimate of drug-likeness (QED) is 0.0538. The first-order valence-electron chi connectivity index (χ1n) is 25.9. The maximum Gasteiger partial charge on any atom is 0.217 e. The highest BCUT2D eigenvalue weighted by atomic mass is 16.8. The average Bonchev–Trinajstić information content (AvgIpc) is 3.77. The lowest BCUT2D eigenvalue weighted by molar-refractivity contribution is -0.398. The second-order valence-electron chi connectivity index (χ2n) is 20.6. The van der Waals surface area contributed by atoms with E-state index in [4.69, 9.17) is 61.6 Å². The lowest BCUT2D eigenvalue weighted by atomic mass is 9.93. The van der Waals surface area contributed by atoms with Gasteiger partial charge in [-0.15, -0.1) is 0 Å².